The lowest BCUT2D eigenvalue weighted by Gasteiger charge is -2.40. The first-order chi connectivity index (χ1) is 14.1. The van der Waals surface area contributed by atoms with Gasteiger partial charge in [0.05, 0.1) is 0 Å². The van der Waals surface area contributed by atoms with Gasteiger partial charge in [0.1, 0.15) is 17.1 Å². The largest absolute Gasteiger partial charge is 0.507 e. The fourth-order valence-electron chi connectivity index (χ4n) is 4.29. The van der Waals surface area contributed by atoms with Gasteiger partial charge in [0, 0.05) is 36.3 Å². The number of carbonyl (C=O) groups is 1. The van der Waals surface area contributed by atoms with Gasteiger partial charge in [0.25, 0.3) is 5.91 Å². The molecule has 152 valence electrons. The van der Waals surface area contributed by atoms with Crippen molar-refractivity contribution in [2.45, 2.75) is 32.3 Å². The highest BCUT2D eigenvalue weighted by atomic mass is 16.5. The van der Waals surface area contributed by atoms with Crippen molar-refractivity contribution >= 4 is 11.5 Å². The van der Waals surface area contributed by atoms with E-state index in [1.54, 1.807) is 17.0 Å². The molecule has 1 fully saturated rings. The van der Waals surface area contributed by atoms with Crippen LogP contribution in [0.25, 0.3) is 5.57 Å². The molecule has 2 aromatic carbocycles. The topological polar surface area (TPSA) is 61.8 Å². The van der Waals surface area contributed by atoms with Crippen LogP contribution in [-0.2, 0) is 0 Å². The summed E-state index contributed by atoms with van der Waals surface area (Å²) in [6.07, 6.45) is 4.11. The highest BCUT2D eigenvalue weighted by Crippen LogP contribution is 2.43. The van der Waals surface area contributed by atoms with Crippen molar-refractivity contribution in [2.75, 3.05) is 26.2 Å². The summed E-state index contributed by atoms with van der Waals surface area (Å²) in [6, 6.07) is 13.2. The number of amides is 1. The molecule has 1 unspecified atom stereocenters. The van der Waals surface area contributed by atoms with E-state index in [2.05, 4.69) is 11.4 Å². The van der Waals surface area contributed by atoms with Gasteiger partial charge in [-0.3, -0.25) is 4.79 Å². The summed E-state index contributed by atoms with van der Waals surface area (Å²) in [5, 5.41) is 14.3. The molecular formula is C24H28N2O3. The van der Waals surface area contributed by atoms with Gasteiger partial charge in [-0.05, 0) is 69.1 Å². The molecule has 2 aliphatic heterocycles. The molecule has 1 spiro atoms. The van der Waals surface area contributed by atoms with Crippen molar-refractivity contribution in [1.29, 1.82) is 0 Å². The standard InChI is InChI=1S/C24H28N2O3/c1-3-26(4-2)23(28)17-10-11-18(21(27)14-17)20-15-24(12-7-13-25-16-24)29-22-9-6-5-8-19(20)22/h5-6,8-11,14-15,25,27H,3-4,7,12-13,16H2,1-2H3. The van der Waals surface area contributed by atoms with E-state index in [1.807, 2.05) is 44.2 Å². The Morgan fingerprint density at radius 1 is 1.17 bits per heavy atom. The maximum absolute atomic E-state index is 12.7. The zero-order chi connectivity index (χ0) is 20.4. The number of phenols is 1. The van der Waals surface area contributed by atoms with E-state index in [1.165, 1.54) is 0 Å². The third-order valence-electron chi connectivity index (χ3n) is 5.86. The number of phenolic OH excluding ortho intramolecular Hbond substituents is 1. The first-order valence-electron chi connectivity index (χ1n) is 10.4. The van der Waals surface area contributed by atoms with Crippen molar-refractivity contribution in [3.8, 4) is 11.5 Å². The molecule has 0 bridgehead atoms. The van der Waals surface area contributed by atoms with Gasteiger partial charge in [-0.25, -0.2) is 0 Å². The van der Waals surface area contributed by atoms with Gasteiger partial charge in [0.2, 0.25) is 0 Å². The van der Waals surface area contributed by atoms with Crippen molar-refractivity contribution in [3.05, 3.63) is 65.2 Å². The van der Waals surface area contributed by atoms with Crippen LogP contribution >= 0.6 is 0 Å². The average molecular weight is 392 g/mol. The smallest absolute Gasteiger partial charge is 0.253 e. The molecule has 1 atom stereocenters. The second-order valence-corrected chi connectivity index (χ2v) is 7.71. The lowest BCUT2D eigenvalue weighted by molar-refractivity contribution is 0.0772. The van der Waals surface area contributed by atoms with Crippen LogP contribution < -0.4 is 10.1 Å². The van der Waals surface area contributed by atoms with Crippen LogP contribution in [-0.4, -0.2) is 47.7 Å². The van der Waals surface area contributed by atoms with Crippen LogP contribution in [0.4, 0.5) is 0 Å². The van der Waals surface area contributed by atoms with Crippen molar-refractivity contribution in [2.24, 2.45) is 0 Å². The Balaban J connectivity index is 1.76. The first-order valence-corrected chi connectivity index (χ1v) is 10.4. The van der Waals surface area contributed by atoms with Crippen LogP contribution in [0.1, 0.15) is 48.2 Å². The molecule has 1 saturated heterocycles. The number of hydrogen-bond donors (Lipinski definition) is 2. The van der Waals surface area contributed by atoms with E-state index in [-0.39, 0.29) is 11.7 Å². The summed E-state index contributed by atoms with van der Waals surface area (Å²) in [5.41, 5.74) is 2.73. The van der Waals surface area contributed by atoms with Crippen molar-refractivity contribution < 1.29 is 14.6 Å². The second kappa shape index (κ2) is 7.91. The van der Waals surface area contributed by atoms with Crippen LogP contribution in [0.15, 0.2) is 48.5 Å². The molecule has 1 amide bonds. The SMILES string of the molecule is CCN(CC)C(=O)c1ccc(C2=CC3(CCCNC3)Oc3ccccc32)c(O)c1. The molecule has 5 heteroatoms. The number of benzene rings is 2. The number of piperidine rings is 1. The van der Waals surface area contributed by atoms with Crippen molar-refractivity contribution in [1.82, 2.24) is 10.2 Å². The molecule has 2 aromatic rings. The Kier molecular flexibility index (Phi) is 5.33. The number of rotatable bonds is 4. The molecule has 2 N–H and O–H groups in total. The van der Waals surface area contributed by atoms with Crippen LogP contribution in [0.5, 0.6) is 11.5 Å². The molecule has 5 nitrogen and oxygen atoms in total. The Labute approximate surface area is 172 Å². The molecule has 2 heterocycles. The minimum atomic E-state index is -0.413. The monoisotopic (exact) mass is 392 g/mol. The van der Waals surface area contributed by atoms with Crippen LogP contribution in [0.3, 0.4) is 0 Å². The third kappa shape index (κ3) is 3.62. The highest BCUT2D eigenvalue weighted by Gasteiger charge is 2.37. The van der Waals surface area contributed by atoms with E-state index in [4.69, 9.17) is 4.74 Å². The maximum Gasteiger partial charge on any atom is 0.253 e. The molecule has 2 aliphatic rings. The second-order valence-electron chi connectivity index (χ2n) is 7.71. The maximum atomic E-state index is 12.7. The minimum absolute atomic E-state index is 0.0637. The number of nitrogens with one attached hydrogen (secondary N) is 1. The predicted molar refractivity (Wildman–Crippen MR) is 114 cm³/mol. The fraction of sp³-hybridized carbons (Fsp3) is 0.375. The zero-order valence-corrected chi connectivity index (χ0v) is 17.1. The van der Waals surface area contributed by atoms with Gasteiger partial charge in [-0.1, -0.05) is 18.2 Å². The number of aromatic hydroxyl groups is 1. The number of ether oxygens (including phenoxy) is 1. The summed E-state index contributed by atoms with van der Waals surface area (Å²) in [7, 11) is 0. The molecule has 0 radical (unpaired) electrons. The normalized spacial score (nSPS) is 20.6. The molecule has 0 saturated carbocycles. The predicted octanol–water partition coefficient (Wildman–Crippen LogP) is 3.82. The van der Waals surface area contributed by atoms with Gasteiger partial charge in [-0.2, -0.15) is 0 Å². The van der Waals surface area contributed by atoms with E-state index in [9.17, 15) is 9.90 Å². The van der Waals surface area contributed by atoms with Gasteiger partial charge < -0.3 is 20.1 Å². The number of hydrogen-bond acceptors (Lipinski definition) is 4. The Hall–Kier alpha value is -2.79. The lowest BCUT2D eigenvalue weighted by atomic mass is 9.84. The summed E-state index contributed by atoms with van der Waals surface area (Å²) < 4.78 is 6.39. The van der Waals surface area contributed by atoms with Crippen LogP contribution in [0.2, 0.25) is 0 Å². The number of nitrogens with zero attached hydrogens (tertiary/aromatic N) is 1. The lowest BCUT2D eigenvalue weighted by Crippen LogP contribution is -2.49. The van der Waals surface area contributed by atoms with Gasteiger partial charge >= 0.3 is 0 Å². The fourth-order valence-corrected chi connectivity index (χ4v) is 4.29. The first kappa shape index (κ1) is 19.5. The molecule has 4 rings (SSSR count). The Bertz CT molecular complexity index is 941. The zero-order valence-electron chi connectivity index (χ0n) is 17.1. The summed E-state index contributed by atoms with van der Waals surface area (Å²) in [5.74, 6) is 0.882. The molecule has 0 aliphatic carbocycles. The molecule has 29 heavy (non-hydrogen) atoms. The van der Waals surface area contributed by atoms with E-state index in [0.717, 1.165) is 48.4 Å². The van der Waals surface area contributed by atoms with E-state index >= 15 is 0 Å². The number of fused-ring (bicyclic) bond motifs is 1. The number of carbonyl (C=O) groups excluding carboxylic acids is 1. The summed E-state index contributed by atoms with van der Waals surface area (Å²) >= 11 is 0. The minimum Gasteiger partial charge on any atom is -0.507 e. The Morgan fingerprint density at radius 3 is 2.66 bits per heavy atom. The summed E-state index contributed by atoms with van der Waals surface area (Å²) in [6.45, 7) is 6.92. The Morgan fingerprint density at radius 2 is 1.97 bits per heavy atom. The van der Waals surface area contributed by atoms with Gasteiger partial charge in [-0.15, -0.1) is 0 Å². The summed E-state index contributed by atoms with van der Waals surface area (Å²) in [4.78, 5) is 14.4. The third-order valence-corrected chi connectivity index (χ3v) is 5.86. The number of para-hydroxylation sites is 1. The van der Waals surface area contributed by atoms with Gasteiger partial charge in [0.15, 0.2) is 0 Å². The van der Waals surface area contributed by atoms with E-state index in [0.29, 0.717) is 18.7 Å². The van der Waals surface area contributed by atoms with Crippen LogP contribution in [0, 0.1) is 0 Å². The highest BCUT2D eigenvalue weighted by molar-refractivity contribution is 5.96. The average Bonchev–Trinajstić information content (AvgIpc) is 2.74. The van der Waals surface area contributed by atoms with Crippen molar-refractivity contribution in [3.63, 3.8) is 0 Å². The molecular weight excluding hydrogens is 364 g/mol. The molecule has 0 aromatic heterocycles. The van der Waals surface area contributed by atoms with E-state index < -0.39 is 5.60 Å². The quantitative estimate of drug-likeness (QED) is 0.830.